The molecule has 88 valence electrons. The van der Waals surface area contributed by atoms with Crippen LogP contribution in [0.15, 0.2) is 0 Å². The van der Waals surface area contributed by atoms with Crippen molar-refractivity contribution in [3.8, 4) is 0 Å². The molecule has 0 aromatic rings. The van der Waals surface area contributed by atoms with E-state index in [-0.39, 0.29) is 0 Å². The maximum absolute atomic E-state index is 5.70. The fourth-order valence-electron chi connectivity index (χ4n) is 3.01. The molecular formula is C13H25NO. The van der Waals surface area contributed by atoms with E-state index in [9.17, 15) is 0 Å². The van der Waals surface area contributed by atoms with Crippen LogP contribution >= 0.6 is 0 Å². The number of rotatable bonds is 3. The summed E-state index contributed by atoms with van der Waals surface area (Å²) in [4.78, 5) is 0. The summed E-state index contributed by atoms with van der Waals surface area (Å²) >= 11 is 0. The van der Waals surface area contributed by atoms with Crippen LogP contribution in [-0.4, -0.2) is 24.8 Å². The molecule has 2 rings (SSSR count). The minimum Gasteiger partial charge on any atom is -0.378 e. The molecule has 2 nitrogen and oxygen atoms in total. The molecule has 15 heavy (non-hydrogen) atoms. The van der Waals surface area contributed by atoms with Gasteiger partial charge in [0.1, 0.15) is 0 Å². The zero-order valence-corrected chi connectivity index (χ0v) is 10.2. The summed E-state index contributed by atoms with van der Waals surface area (Å²) in [5.74, 6) is 0.935. The van der Waals surface area contributed by atoms with E-state index in [4.69, 9.17) is 4.74 Å². The van der Waals surface area contributed by atoms with Gasteiger partial charge in [0.15, 0.2) is 0 Å². The minimum absolute atomic E-state index is 0.509. The predicted octanol–water partition coefficient (Wildman–Crippen LogP) is 2.72. The van der Waals surface area contributed by atoms with Crippen molar-refractivity contribution < 1.29 is 4.74 Å². The molecule has 0 radical (unpaired) electrons. The molecule has 2 fully saturated rings. The highest BCUT2D eigenvalue weighted by atomic mass is 16.5. The fraction of sp³-hybridized carbons (Fsp3) is 1.00. The van der Waals surface area contributed by atoms with E-state index in [1.807, 2.05) is 0 Å². The molecule has 0 bridgehead atoms. The zero-order valence-electron chi connectivity index (χ0n) is 10.2. The van der Waals surface area contributed by atoms with Gasteiger partial charge >= 0.3 is 0 Å². The van der Waals surface area contributed by atoms with E-state index in [1.165, 1.54) is 38.5 Å². The van der Waals surface area contributed by atoms with Crippen molar-refractivity contribution in [2.75, 3.05) is 6.61 Å². The van der Waals surface area contributed by atoms with Crippen LogP contribution in [0.2, 0.25) is 0 Å². The Morgan fingerprint density at radius 3 is 2.60 bits per heavy atom. The van der Waals surface area contributed by atoms with Gasteiger partial charge in [-0.15, -0.1) is 0 Å². The first-order valence-electron chi connectivity index (χ1n) is 6.65. The van der Waals surface area contributed by atoms with Gasteiger partial charge in [0.25, 0.3) is 0 Å². The Labute approximate surface area is 93.8 Å². The number of hydrogen-bond donors (Lipinski definition) is 1. The molecule has 0 aromatic carbocycles. The fourth-order valence-corrected chi connectivity index (χ4v) is 3.01. The second-order valence-corrected chi connectivity index (χ2v) is 5.40. The highest BCUT2D eigenvalue weighted by Crippen LogP contribution is 2.26. The second-order valence-electron chi connectivity index (χ2n) is 5.40. The van der Waals surface area contributed by atoms with Gasteiger partial charge in [-0.3, -0.25) is 0 Å². The first kappa shape index (κ1) is 11.4. The Morgan fingerprint density at radius 2 is 1.93 bits per heavy atom. The van der Waals surface area contributed by atoms with Crippen LogP contribution in [0.1, 0.15) is 52.4 Å². The smallest absolute Gasteiger partial charge is 0.0587 e. The Kier molecular flexibility index (Phi) is 4.04. The van der Waals surface area contributed by atoms with Gasteiger partial charge in [0, 0.05) is 18.7 Å². The average molecular weight is 211 g/mol. The van der Waals surface area contributed by atoms with Crippen LogP contribution in [0.5, 0.6) is 0 Å². The molecule has 1 saturated carbocycles. The number of hydrogen-bond acceptors (Lipinski definition) is 2. The highest BCUT2D eigenvalue weighted by Gasteiger charge is 2.26. The molecule has 2 aliphatic rings. The summed E-state index contributed by atoms with van der Waals surface area (Å²) in [6.07, 6.45) is 8.29. The first-order chi connectivity index (χ1) is 7.28. The molecule has 2 heteroatoms. The molecular weight excluding hydrogens is 186 g/mol. The lowest BCUT2D eigenvalue weighted by Crippen LogP contribution is -2.43. The van der Waals surface area contributed by atoms with E-state index in [0.717, 1.165) is 24.6 Å². The topological polar surface area (TPSA) is 21.3 Å². The summed E-state index contributed by atoms with van der Waals surface area (Å²) in [7, 11) is 0. The standard InChI is InChI=1S/C13H25NO/c1-3-13-9-12(6-7-15-13)14-11-5-4-10(2)8-11/h10-14H,3-9H2,1-2H3. The maximum atomic E-state index is 5.70. The third-order valence-electron chi connectivity index (χ3n) is 3.99. The summed E-state index contributed by atoms with van der Waals surface area (Å²) in [5.41, 5.74) is 0. The Balaban J connectivity index is 1.74. The van der Waals surface area contributed by atoms with Gasteiger partial charge in [0.2, 0.25) is 0 Å². The van der Waals surface area contributed by atoms with Crippen LogP contribution in [0.25, 0.3) is 0 Å². The summed E-state index contributed by atoms with van der Waals surface area (Å²) in [6.45, 7) is 5.56. The largest absolute Gasteiger partial charge is 0.378 e. The lowest BCUT2D eigenvalue weighted by Gasteiger charge is -2.31. The van der Waals surface area contributed by atoms with Gasteiger partial charge in [-0.2, -0.15) is 0 Å². The lowest BCUT2D eigenvalue weighted by molar-refractivity contribution is -0.00186. The second kappa shape index (κ2) is 5.31. The first-order valence-corrected chi connectivity index (χ1v) is 6.65. The van der Waals surface area contributed by atoms with Gasteiger partial charge in [-0.25, -0.2) is 0 Å². The lowest BCUT2D eigenvalue weighted by atomic mass is 10.0. The van der Waals surface area contributed by atoms with E-state index in [1.54, 1.807) is 0 Å². The van der Waals surface area contributed by atoms with E-state index >= 15 is 0 Å². The molecule has 1 aliphatic carbocycles. The van der Waals surface area contributed by atoms with Crippen molar-refractivity contribution in [1.29, 1.82) is 0 Å². The molecule has 0 spiro atoms. The van der Waals surface area contributed by atoms with Crippen LogP contribution in [0.4, 0.5) is 0 Å². The van der Waals surface area contributed by atoms with Crippen molar-refractivity contribution >= 4 is 0 Å². The van der Waals surface area contributed by atoms with Gasteiger partial charge in [-0.1, -0.05) is 13.8 Å². The molecule has 1 N–H and O–H groups in total. The molecule has 4 unspecified atom stereocenters. The van der Waals surface area contributed by atoms with Crippen LogP contribution in [0.3, 0.4) is 0 Å². The summed E-state index contributed by atoms with van der Waals surface area (Å²) in [6, 6.07) is 1.51. The molecule has 0 amide bonds. The van der Waals surface area contributed by atoms with Gasteiger partial charge in [-0.05, 0) is 44.4 Å². The van der Waals surface area contributed by atoms with Gasteiger partial charge in [0.05, 0.1) is 6.10 Å². The number of nitrogens with one attached hydrogen (secondary N) is 1. The van der Waals surface area contributed by atoms with E-state index in [0.29, 0.717) is 6.10 Å². The van der Waals surface area contributed by atoms with Crippen molar-refractivity contribution in [1.82, 2.24) is 5.32 Å². The average Bonchev–Trinajstić information content (AvgIpc) is 2.64. The molecule has 1 aliphatic heterocycles. The van der Waals surface area contributed by atoms with E-state index < -0.39 is 0 Å². The third-order valence-corrected chi connectivity index (χ3v) is 3.99. The molecule has 4 atom stereocenters. The third kappa shape index (κ3) is 3.18. The highest BCUT2D eigenvalue weighted by molar-refractivity contribution is 4.84. The SMILES string of the molecule is CCC1CC(NC2CCC(C)C2)CCO1. The Bertz CT molecular complexity index is 195. The quantitative estimate of drug-likeness (QED) is 0.775. The van der Waals surface area contributed by atoms with Crippen LogP contribution in [-0.2, 0) is 4.74 Å². The Hall–Kier alpha value is -0.0800. The summed E-state index contributed by atoms with van der Waals surface area (Å²) < 4.78 is 5.70. The van der Waals surface area contributed by atoms with Crippen LogP contribution in [0, 0.1) is 5.92 Å². The van der Waals surface area contributed by atoms with E-state index in [2.05, 4.69) is 19.2 Å². The summed E-state index contributed by atoms with van der Waals surface area (Å²) in [5, 5.41) is 3.83. The van der Waals surface area contributed by atoms with Crippen molar-refractivity contribution in [3.05, 3.63) is 0 Å². The molecule has 1 heterocycles. The van der Waals surface area contributed by atoms with Gasteiger partial charge < -0.3 is 10.1 Å². The normalized spacial score (nSPS) is 42.0. The number of ether oxygens (including phenoxy) is 1. The van der Waals surface area contributed by atoms with Crippen molar-refractivity contribution in [3.63, 3.8) is 0 Å². The monoisotopic (exact) mass is 211 g/mol. The maximum Gasteiger partial charge on any atom is 0.0587 e. The van der Waals surface area contributed by atoms with Crippen molar-refractivity contribution in [2.24, 2.45) is 5.92 Å². The molecule has 1 saturated heterocycles. The van der Waals surface area contributed by atoms with Crippen molar-refractivity contribution in [2.45, 2.75) is 70.6 Å². The van der Waals surface area contributed by atoms with Crippen LogP contribution < -0.4 is 5.32 Å². The minimum atomic E-state index is 0.509. The zero-order chi connectivity index (χ0) is 10.7. The Morgan fingerprint density at radius 1 is 1.13 bits per heavy atom. The molecule has 0 aromatic heterocycles. The predicted molar refractivity (Wildman–Crippen MR) is 63.0 cm³/mol.